The van der Waals surface area contributed by atoms with Gasteiger partial charge in [0.15, 0.2) is 0 Å². The van der Waals surface area contributed by atoms with Gasteiger partial charge in [0.25, 0.3) is 0 Å². The Morgan fingerprint density at radius 2 is 2.17 bits per heavy atom. The quantitative estimate of drug-likeness (QED) is 0.642. The van der Waals surface area contributed by atoms with Crippen LogP contribution in [0.1, 0.15) is 25.8 Å². The van der Waals surface area contributed by atoms with E-state index in [1.807, 2.05) is 38.1 Å². The maximum Gasteiger partial charge on any atom is 0.250 e. The Labute approximate surface area is 117 Å². The van der Waals surface area contributed by atoms with Gasteiger partial charge in [-0.3, -0.25) is 4.79 Å². The number of hydrogen-bond donors (Lipinski definition) is 1. The van der Waals surface area contributed by atoms with Crippen LogP contribution in [-0.4, -0.2) is 17.4 Å². The monoisotopic (exact) mass is 284 g/mol. The summed E-state index contributed by atoms with van der Waals surface area (Å²) in [7, 11) is 0. The molecule has 0 heterocycles. The second-order valence-electron chi connectivity index (χ2n) is 3.82. The van der Waals surface area contributed by atoms with E-state index in [0.29, 0.717) is 5.75 Å². The van der Waals surface area contributed by atoms with E-state index in [9.17, 15) is 4.79 Å². The Balaban J connectivity index is 2.30. The van der Waals surface area contributed by atoms with E-state index in [-0.39, 0.29) is 5.91 Å². The fraction of sp³-hybridized carbons (Fsp3) is 0.385. The molecule has 18 heavy (non-hydrogen) atoms. The molecule has 0 saturated heterocycles. The predicted molar refractivity (Wildman–Crippen MR) is 79.2 cm³/mol. The molecule has 98 valence electrons. The van der Waals surface area contributed by atoms with Crippen LogP contribution in [0.5, 0.6) is 0 Å². The summed E-state index contributed by atoms with van der Waals surface area (Å²) in [4.78, 5) is 11.5. The van der Waals surface area contributed by atoms with Crippen LogP contribution in [0.25, 0.3) is 0 Å². The molecule has 1 amide bonds. The number of carbonyl (C=O) groups is 1. The van der Waals surface area contributed by atoms with Crippen LogP contribution in [0.15, 0.2) is 29.4 Å². The molecule has 5 heteroatoms. The Morgan fingerprint density at radius 1 is 1.44 bits per heavy atom. The number of amides is 1. The Morgan fingerprint density at radius 3 is 2.83 bits per heavy atom. The van der Waals surface area contributed by atoms with Crippen molar-refractivity contribution in [3.63, 3.8) is 0 Å². The van der Waals surface area contributed by atoms with E-state index < -0.39 is 0 Å². The van der Waals surface area contributed by atoms with Crippen molar-refractivity contribution in [1.29, 1.82) is 0 Å². The summed E-state index contributed by atoms with van der Waals surface area (Å²) in [5.74, 6) is 1.02. The number of nitrogens with zero attached hydrogens (tertiary/aromatic N) is 1. The predicted octanol–water partition coefficient (Wildman–Crippen LogP) is 3.48. The van der Waals surface area contributed by atoms with Gasteiger partial charge in [0.2, 0.25) is 5.91 Å². The highest BCUT2D eigenvalue weighted by Crippen LogP contribution is 2.20. The lowest BCUT2D eigenvalue weighted by Crippen LogP contribution is -2.20. The van der Waals surface area contributed by atoms with Crippen LogP contribution in [0.4, 0.5) is 0 Å². The van der Waals surface area contributed by atoms with Gasteiger partial charge >= 0.3 is 0 Å². The summed E-state index contributed by atoms with van der Waals surface area (Å²) < 4.78 is 0. The van der Waals surface area contributed by atoms with Crippen LogP contribution < -0.4 is 5.43 Å². The lowest BCUT2D eigenvalue weighted by atomic mass is 10.2. The summed E-state index contributed by atoms with van der Waals surface area (Å²) in [6, 6.07) is 7.65. The van der Waals surface area contributed by atoms with E-state index in [1.54, 1.807) is 0 Å². The molecule has 0 fully saturated rings. The van der Waals surface area contributed by atoms with Crippen molar-refractivity contribution in [2.24, 2.45) is 5.10 Å². The minimum absolute atomic E-state index is 0.0835. The molecule has 0 aliphatic rings. The first-order chi connectivity index (χ1) is 8.63. The van der Waals surface area contributed by atoms with Crippen LogP contribution >= 0.6 is 23.4 Å². The second kappa shape index (κ2) is 8.16. The Hall–Kier alpha value is -1.00. The topological polar surface area (TPSA) is 41.5 Å². The van der Waals surface area contributed by atoms with Crippen molar-refractivity contribution in [1.82, 2.24) is 5.43 Å². The van der Waals surface area contributed by atoms with E-state index in [1.165, 1.54) is 11.8 Å². The van der Waals surface area contributed by atoms with Gasteiger partial charge in [-0.1, -0.05) is 36.7 Å². The third-order valence-electron chi connectivity index (χ3n) is 2.33. The summed E-state index contributed by atoms with van der Waals surface area (Å²) in [5.41, 5.74) is 4.49. The number of hydrazone groups is 1. The molecule has 0 bridgehead atoms. The fourth-order valence-corrected chi connectivity index (χ4v) is 2.24. The van der Waals surface area contributed by atoms with Gasteiger partial charge in [0.1, 0.15) is 0 Å². The Bertz CT molecular complexity index is 435. The molecule has 0 aromatic heterocycles. The summed E-state index contributed by atoms with van der Waals surface area (Å²) in [6.45, 7) is 3.88. The molecule has 1 aromatic carbocycles. The van der Waals surface area contributed by atoms with Crippen LogP contribution in [-0.2, 0) is 10.5 Å². The molecule has 3 nitrogen and oxygen atoms in total. The van der Waals surface area contributed by atoms with Crippen molar-refractivity contribution >= 4 is 35.0 Å². The largest absolute Gasteiger partial charge is 0.272 e. The van der Waals surface area contributed by atoms with Crippen molar-refractivity contribution in [3.05, 3.63) is 34.9 Å². The highest BCUT2D eigenvalue weighted by atomic mass is 35.5. The molecule has 1 N–H and O–H groups in total. The van der Waals surface area contributed by atoms with Crippen LogP contribution in [0.3, 0.4) is 0 Å². The number of thioether (sulfide) groups is 1. The fourth-order valence-electron chi connectivity index (χ4n) is 1.14. The smallest absolute Gasteiger partial charge is 0.250 e. The van der Waals surface area contributed by atoms with Crippen molar-refractivity contribution < 1.29 is 4.79 Å². The SMILES string of the molecule is CC/C(C)=N\NC(=O)CSCc1ccccc1Cl. The van der Waals surface area contributed by atoms with Crippen LogP contribution in [0, 0.1) is 0 Å². The van der Waals surface area contributed by atoms with Gasteiger partial charge in [-0.25, -0.2) is 5.43 Å². The number of nitrogens with one attached hydrogen (secondary N) is 1. The summed E-state index contributed by atoms with van der Waals surface area (Å²) in [6.07, 6.45) is 0.840. The first kappa shape index (κ1) is 15.1. The van der Waals surface area contributed by atoms with E-state index in [2.05, 4.69) is 10.5 Å². The van der Waals surface area contributed by atoms with Gasteiger partial charge in [-0.05, 0) is 25.0 Å². The highest BCUT2D eigenvalue weighted by molar-refractivity contribution is 7.99. The van der Waals surface area contributed by atoms with Gasteiger partial charge in [-0.2, -0.15) is 5.10 Å². The molecular weight excluding hydrogens is 268 g/mol. The van der Waals surface area contributed by atoms with Crippen molar-refractivity contribution in [2.75, 3.05) is 5.75 Å². The molecule has 0 saturated carbocycles. The van der Waals surface area contributed by atoms with Gasteiger partial charge < -0.3 is 0 Å². The standard InChI is InChI=1S/C13H17ClN2OS/c1-3-10(2)15-16-13(17)9-18-8-11-6-4-5-7-12(11)14/h4-7H,3,8-9H2,1-2H3,(H,16,17)/b15-10-. The third kappa shape index (κ3) is 5.56. The minimum Gasteiger partial charge on any atom is -0.272 e. The van der Waals surface area contributed by atoms with Crippen molar-refractivity contribution in [3.8, 4) is 0 Å². The minimum atomic E-state index is -0.0835. The number of benzene rings is 1. The average Bonchev–Trinajstić information content (AvgIpc) is 2.38. The molecule has 0 unspecified atom stereocenters. The Kier molecular flexibility index (Phi) is 6.83. The van der Waals surface area contributed by atoms with E-state index in [0.717, 1.165) is 28.5 Å². The molecule has 0 aliphatic heterocycles. The second-order valence-corrected chi connectivity index (χ2v) is 5.21. The number of halogens is 1. The van der Waals surface area contributed by atoms with E-state index >= 15 is 0 Å². The highest BCUT2D eigenvalue weighted by Gasteiger charge is 2.03. The van der Waals surface area contributed by atoms with Gasteiger partial charge in [0.05, 0.1) is 5.75 Å². The zero-order valence-electron chi connectivity index (χ0n) is 10.6. The zero-order chi connectivity index (χ0) is 13.4. The summed E-state index contributed by atoms with van der Waals surface area (Å²) >= 11 is 7.55. The molecule has 1 aromatic rings. The molecule has 1 rings (SSSR count). The molecule has 0 spiro atoms. The van der Waals surface area contributed by atoms with Crippen molar-refractivity contribution in [2.45, 2.75) is 26.0 Å². The number of carbonyl (C=O) groups excluding carboxylic acids is 1. The molecule has 0 atom stereocenters. The zero-order valence-corrected chi connectivity index (χ0v) is 12.1. The maximum absolute atomic E-state index is 11.5. The maximum atomic E-state index is 11.5. The molecular formula is C13H17ClN2OS. The average molecular weight is 285 g/mol. The first-order valence-electron chi connectivity index (χ1n) is 5.76. The summed E-state index contributed by atoms with van der Waals surface area (Å²) in [5, 5.41) is 4.70. The van der Waals surface area contributed by atoms with Gasteiger partial charge in [-0.15, -0.1) is 11.8 Å². The van der Waals surface area contributed by atoms with Gasteiger partial charge in [0, 0.05) is 16.5 Å². The lowest BCUT2D eigenvalue weighted by molar-refractivity contribution is -0.118. The molecule has 0 aliphatic carbocycles. The number of hydrogen-bond acceptors (Lipinski definition) is 3. The lowest BCUT2D eigenvalue weighted by Gasteiger charge is -2.04. The van der Waals surface area contributed by atoms with Crippen LogP contribution in [0.2, 0.25) is 5.02 Å². The third-order valence-corrected chi connectivity index (χ3v) is 3.68. The molecule has 0 radical (unpaired) electrons. The normalized spacial score (nSPS) is 11.4. The van der Waals surface area contributed by atoms with E-state index in [4.69, 9.17) is 11.6 Å². The first-order valence-corrected chi connectivity index (χ1v) is 7.30. The number of rotatable bonds is 6.